The summed E-state index contributed by atoms with van der Waals surface area (Å²) in [5.74, 6) is 1.51. The number of aromatic nitrogens is 4. The highest BCUT2D eigenvalue weighted by Crippen LogP contribution is 2.19. The summed E-state index contributed by atoms with van der Waals surface area (Å²) in [6, 6.07) is 0. The molecule has 0 amide bonds. The third-order valence-electron chi connectivity index (χ3n) is 3.30. The van der Waals surface area contributed by atoms with Crippen molar-refractivity contribution in [3.05, 3.63) is 16.2 Å². The predicted octanol–water partition coefficient (Wildman–Crippen LogP) is 0.0576. The maximum Gasteiger partial charge on any atom is 0.420 e. The van der Waals surface area contributed by atoms with E-state index in [-0.39, 0.29) is 5.56 Å². The Balaban J connectivity index is 2.92. The van der Waals surface area contributed by atoms with Crippen LogP contribution < -0.4 is 15.0 Å². The normalized spacial score (nSPS) is 11.2. The molecule has 0 atom stereocenters. The van der Waals surface area contributed by atoms with Crippen molar-refractivity contribution >= 4 is 11.0 Å². The van der Waals surface area contributed by atoms with Gasteiger partial charge in [0.1, 0.15) is 5.82 Å². The predicted molar refractivity (Wildman–Crippen MR) is 67.7 cm³/mol. The summed E-state index contributed by atoms with van der Waals surface area (Å²) >= 11 is 0. The van der Waals surface area contributed by atoms with E-state index in [4.69, 9.17) is 4.74 Å². The van der Waals surface area contributed by atoms with E-state index >= 15 is 0 Å². The number of aryl methyl sites for hydroxylation is 2. The lowest BCUT2D eigenvalue weighted by molar-refractivity contribution is -0.759. The highest BCUT2D eigenvalue weighted by atomic mass is 16.5. The van der Waals surface area contributed by atoms with Crippen LogP contribution in [0.3, 0.4) is 0 Å². The molecule has 0 fully saturated rings. The van der Waals surface area contributed by atoms with Gasteiger partial charge in [-0.15, -0.1) is 4.68 Å². The van der Waals surface area contributed by atoms with Crippen molar-refractivity contribution in [2.75, 3.05) is 7.11 Å². The third kappa shape index (κ3) is 1.60. The summed E-state index contributed by atoms with van der Waals surface area (Å²) in [4.78, 5) is 16.8. The molecule has 6 nitrogen and oxygen atoms in total. The molecule has 0 aliphatic carbocycles. The van der Waals surface area contributed by atoms with E-state index in [1.165, 1.54) is 4.68 Å². The Morgan fingerprint density at radius 2 is 2.06 bits per heavy atom. The van der Waals surface area contributed by atoms with Gasteiger partial charge in [-0.05, 0) is 6.42 Å². The molecule has 0 radical (unpaired) electrons. The van der Waals surface area contributed by atoms with Crippen LogP contribution >= 0.6 is 0 Å². The maximum absolute atomic E-state index is 12.3. The SMILES string of the molecule is CCCc1nc2c(OC)[n+](C)n(C)c(=O)c2n1C. The first-order valence-corrected chi connectivity index (χ1v) is 6.01. The molecule has 0 N–H and O–H groups in total. The minimum Gasteiger partial charge on any atom is -0.444 e. The molecule has 98 valence electrons. The lowest BCUT2D eigenvalue weighted by Gasteiger charge is -2.03. The van der Waals surface area contributed by atoms with Gasteiger partial charge < -0.3 is 9.30 Å². The molecule has 18 heavy (non-hydrogen) atoms. The van der Waals surface area contributed by atoms with Crippen LogP contribution in [0.15, 0.2) is 4.79 Å². The van der Waals surface area contributed by atoms with Gasteiger partial charge in [-0.3, -0.25) is 4.79 Å². The second kappa shape index (κ2) is 4.44. The molecule has 2 rings (SSSR count). The average molecular weight is 251 g/mol. The molecule has 0 aromatic carbocycles. The van der Waals surface area contributed by atoms with Crippen molar-refractivity contribution < 1.29 is 9.42 Å². The van der Waals surface area contributed by atoms with Crippen LogP contribution in [0, 0.1) is 0 Å². The van der Waals surface area contributed by atoms with E-state index in [1.807, 2.05) is 11.6 Å². The van der Waals surface area contributed by atoms with E-state index < -0.39 is 0 Å². The summed E-state index contributed by atoms with van der Waals surface area (Å²) in [5, 5.41) is 0. The molecule has 6 heteroatoms. The molecule has 0 saturated carbocycles. The fraction of sp³-hybridized carbons (Fsp3) is 0.583. The molecule has 2 aromatic heterocycles. The van der Waals surface area contributed by atoms with E-state index in [9.17, 15) is 4.79 Å². The smallest absolute Gasteiger partial charge is 0.420 e. The van der Waals surface area contributed by atoms with Crippen molar-refractivity contribution in [1.82, 2.24) is 14.2 Å². The molecule has 2 heterocycles. The molecule has 0 unspecified atom stereocenters. The summed E-state index contributed by atoms with van der Waals surface area (Å²) in [6.45, 7) is 2.09. The molecule has 0 aliphatic rings. The van der Waals surface area contributed by atoms with Gasteiger partial charge in [0, 0.05) is 13.5 Å². The summed E-state index contributed by atoms with van der Waals surface area (Å²) in [5.41, 5.74) is 1.16. The van der Waals surface area contributed by atoms with Gasteiger partial charge in [0.25, 0.3) is 0 Å². The Labute approximate surface area is 105 Å². The Bertz CT molecular complexity index is 654. The Morgan fingerprint density at radius 3 is 2.61 bits per heavy atom. The first kappa shape index (κ1) is 12.6. The van der Waals surface area contributed by atoms with Gasteiger partial charge in [-0.2, -0.15) is 0 Å². The first-order chi connectivity index (χ1) is 8.52. The van der Waals surface area contributed by atoms with Crippen LogP contribution in [0.2, 0.25) is 0 Å². The van der Waals surface area contributed by atoms with E-state index in [0.717, 1.165) is 18.7 Å². The quantitative estimate of drug-likeness (QED) is 0.725. The largest absolute Gasteiger partial charge is 0.444 e. The van der Waals surface area contributed by atoms with Crippen molar-refractivity contribution in [2.45, 2.75) is 19.8 Å². The topological polar surface area (TPSA) is 52.9 Å². The van der Waals surface area contributed by atoms with Crippen LogP contribution in [0.1, 0.15) is 19.2 Å². The van der Waals surface area contributed by atoms with Crippen molar-refractivity contribution in [3.63, 3.8) is 0 Å². The Hall–Kier alpha value is -1.85. The molecule has 0 bridgehead atoms. The van der Waals surface area contributed by atoms with E-state index in [0.29, 0.717) is 16.9 Å². The van der Waals surface area contributed by atoms with Gasteiger partial charge in [-0.1, -0.05) is 11.6 Å². The zero-order valence-corrected chi connectivity index (χ0v) is 11.5. The zero-order chi connectivity index (χ0) is 13.4. The van der Waals surface area contributed by atoms with Gasteiger partial charge in [0.2, 0.25) is 5.52 Å². The number of rotatable bonds is 3. The van der Waals surface area contributed by atoms with Crippen LogP contribution in [0.4, 0.5) is 0 Å². The van der Waals surface area contributed by atoms with Gasteiger partial charge in [0.15, 0.2) is 12.6 Å². The molecular formula is C12H19N4O2+. The van der Waals surface area contributed by atoms with Crippen LogP contribution in [-0.4, -0.2) is 21.3 Å². The second-order valence-electron chi connectivity index (χ2n) is 4.40. The Kier molecular flexibility index (Phi) is 3.11. The van der Waals surface area contributed by atoms with Crippen molar-refractivity contribution in [1.29, 1.82) is 0 Å². The number of imidazole rings is 1. The zero-order valence-electron chi connectivity index (χ0n) is 11.5. The average Bonchev–Trinajstić information content (AvgIpc) is 2.66. The third-order valence-corrected chi connectivity index (χ3v) is 3.30. The van der Waals surface area contributed by atoms with Gasteiger partial charge >= 0.3 is 11.4 Å². The highest BCUT2D eigenvalue weighted by Gasteiger charge is 2.25. The second-order valence-corrected chi connectivity index (χ2v) is 4.40. The highest BCUT2D eigenvalue weighted by molar-refractivity contribution is 5.78. The summed E-state index contributed by atoms with van der Waals surface area (Å²) < 4.78 is 10.4. The van der Waals surface area contributed by atoms with Gasteiger partial charge in [-0.25, -0.2) is 4.98 Å². The van der Waals surface area contributed by atoms with Gasteiger partial charge in [0.05, 0.1) is 14.2 Å². The Morgan fingerprint density at radius 1 is 1.39 bits per heavy atom. The van der Waals surface area contributed by atoms with Crippen LogP contribution in [-0.2, 0) is 27.6 Å². The molecular weight excluding hydrogens is 232 g/mol. The van der Waals surface area contributed by atoms with E-state index in [1.54, 1.807) is 25.9 Å². The minimum absolute atomic E-state index is 0.0642. The van der Waals surface area contributed by atoms with E-state index in [2.05, 4.69) is 11.9 Å². The number of methoxy groups -OCH3 is 1. The fourth-order valence-corrected chi connectivity index (χ4v) is 2.19. The first-order valence-electron chi connectivity index (χ1n) is 6.01. The molecule has 0 aliphatic heterocycles. The standard InChI is InChI=1S/C12H19N4O2/c1-6-7-8-13-9-10(14(8)2)11(17)15(3)16(4)12(9)18-5/h6-7H2,1-5H3/q+1. The number of hydrogen-bond acceptors (Lipinski definition) is 3. The van der Waals surface area contributed by atoms with Crippen molar-refractivity contribution in [3.8, 4) is 5.88 Å². The van der Waals surface area contributed by atoms with Crippen LogP contribution in [0.5, 0.6) is 5.88 Å². The molecule has 0 saturated heterocycles. The minimum atomic E-state index is -0.0642. The monoisotopic (exact) mass is 251 g/mol. The number of ether oxygens (including phenoxy) is 1. The number of nitrogens with zero attached hydrogens (tertiary/aromatic N) is 4. The lowest BCUT2D eigenvalue weighted by Crippen LogP contribution is -2.48. The number of fused-ring (bicyclic) bond motifs is 1. The van der Waals surface area contributed by atoms with Crippen LogP contribution in [0.25, 0.3) is 11.0 Å². The summed E-state index contributed by atoms with van der Waals surface area (Å²) in [7, 11) is 6.97. The summed E-state index contributed by atoms with van der Waals surface area (Å²) in [6.07, 6.45) is 1.84. The fourth-order valence-electron chi connectivity index (χ4n) is 2.19. The molecule has 2 aromatic rings. The lowest BCUT2D eigenvalue weighted by atomic mass is 10.3. The molecule has 0 spiro atoms. The maximum atomic E-state index is 12.3. The van der Waals surface area contributed by atoms with Crippen molar-refractivity contribution in [2.24, 2.45) is 21.1 Å². The number of hydrogen-bond donors (Lipinski definition) is 0.